The Kier molecular flexibility index (Phi) is 5.40. The lowest BCUT2D eigenvalue weighted by molar-refractivity contribution is 0.171. The summed E-state index contributed by atoms with van der Waals surface area (Å²) in [7, 11) is 0. The normalized spacial score (nSPS) is 12.5. The third-order valence-corrected chi connectivity index (χ3v) is 4.14. The molecule has 0 spiro atoms. The lowest BCUT2D eigenvalue weighted by atomic mass is 10.1. The van der Waals surface area contributed by atoms with Crippen LogP contribution in [0.2, 0.25) is 0 Å². The molecule has 0 radical (unpaired) electrons. The number of hydrogen-bond acceptors (Lipinski definition) is 5. The quantitative estimate of drug-likeness (QED) is 0.393. The van der Waals surface area contributed by atoms with E-state index in [-0.39, 0.29) is 0 Å². The molecule has 0 saturated carbocycles. The molecule has 3 rings (SSSR count). The molecule has 1 heterocycles. The molecular weight excluding hydrogens is 322 g/mol. The first-order chi connectivity index (χ1) is 11.6. The molecule has 0 aliphatic rings. The van der Waals surface area contributed by atoms with Crippen molar-refractivity contribution in [1.29, 1.82) is 0 Å². The van der Waals surface area contributed by atoms with Crippen molar-refractivity contribution in [3.8, 4) is 5.75 Å². The average Bonchev–Trinajstić information content (AvgIpc) is 2.95. The van der Waals surface area contributed by atoms with Gasteiger partial charge in [0.2, 0.25) is 0 Å². The molecule has 1 unspecified atom stereocenters. The van der Waals surface area contributed by atoms with E-state index in [1.807, 2.05) is 49.4 Å². The van der Waals surface area contributed by atoms with E-state index < -0.39 is 6.10 Å². The van der Waals surface area contributed by atoms with Crippen LogP contribution < -0.4 is 10.1 Å². The number of benzene rings is 2. The summed E-state index contributed by atoms with van der Waals surface area (Å²) in [6.45, 7) is 3.64. The number of fused-ring (bicyclic) bond motifs is 1. The molecule has 126 valence electrons. The van der Waals surface area contributed by atoms with Gasteiger partial charge in [-0.25, -0.2) is 0 Å². The van der Waals surface area contributed by atoms with Crippen LogP contribution >= 0.6 is 12.6 Å². The van der Waals surface area contributed by atoms with E-state index in [0.717, 1.165) is 32.8 Å². The number of aromatic amines is 1. The summed E-state index contributed by atoms with van der Waals surface area (Å²) in [6, 6.07) is 13.4. The van der Waals surface area contributed by atoms with Crippen LogP contribution in [0.1, 0.15) is 17.4 Å². The van der Waals surface area contributed by atoms with E-state index in [9.17, 15) is 5.11 Å². The zero-order valence-electron chi connectivity index (χ0n) is 13.5. The van der Waals surface area contributed by atoms with Crippen molar-refractivity contribution in [1.82, 2.24) is 15.5 Å². The molecule has 1 aromatic heterocycles. The molecule has 0 aliphatic heterocycles. The fourth-order valence-corrected chi connectivity index (χ4v) is 2.78. The standard InChI is InChI=1S/C18H21N3O2S/c1-12-16-6-5-14(10-17(16)21-20-12)23-8-7-19-11-18(22)13-3-2-4-15(24)9-13/h2-6,9-10,18-19,22,24H,7-8,11H2,1H3,(H,20,21). The molecule has 0 bridgehead atoms. The number of H-pyrrole nitrogens is 1. The van der Waals surface area contributed by atoms with Gasteiger partial charge >= 0.3 is 0 Å². The minimum absolute atomic E-state index is 0.470. The molecule has 6 heteroatoms. The highest BCUT2D eigenvalue weighted by atomic mass is 32.1. The minimum atomic E-state index is -0.555. The first-order valence-corrected chi connectivity index (χ1v) is 8.33. The zero-order chi connectivity index (χ0) is 16.9. The molecule has 24 heavy (non-hydrogen) atoms. The van der Waals surface area contributed by atoms with Gasteiger partial charge in [-0.1, -0.05) is 12.1 Å². The lowest BCUT2D eigenvalue weighted by Gasteiger charge is -2.13. The Morgan fingerprint density at radius 1 is 1.29 bits per heavy atom. The number of aromatic nitrogens is 2. The van der Waals surface area contributed by atoms with Gasteiger partial charge in [-0.15, -0.1) is 12.6 Å². The van der Waals surface area contributed by atoms with Gasteiger partial charge in [0.05, 0.1) is 11.6 Å². The highest BCUT2D eigenvalue weighted by molar-refractivity contribution is 7.80. The number of aliphatic hydroxyl groups excluding tert-OH is 1. The largest absolute Gasteiger partial charge is 0.492 e. The highest BCUT2D eigenvalue weighted by Gasteiger charge is 2.07. The topological polar surface area (TPSA) is 70.2 Å². The number of aryl methyl sites for hydroxylation is 1. The van der Waals surface area contributed by atoms with Crippen molar-refractivity contribution < 1.29 is 9.84 Å². The van der Waals surface area contributed by atoms with Gasteiger partial charge in [-0.3, -0.25) is 5.10 Å². The van der Waals surface area contributed by atoms with E-state index in [4.69, 9.17) is 4.74 Å². The fourth-order valence-electron chi connectivity index (χ4n) is 2.54. The van der Waals surface area contributed by atoms with Gasteiger partial charge < -0.3 is 15.2 Å². The van der Waals surface area contributed by atoms with E-state index in [0.29, 0.717) is 19.7 Å². The number of aliphatic hydroxyl groups is 1. The van der Waals surface area contributed by atoms with Crippen molar-refractivity contribution >= 4 is 23.5 Å². The van der Waals surface area contributed by atoms with Crippen LogP contribution in [0, 0.1) is 6.92 Å². The van der Waals surface area contributed by atoms with Crippen LogP contribution in [0.25, 0.3) is 10.9 Å². The number of rotatable bonds is 7. The molecule has 5 nitrogen and oxygen atoms in total. The Hall–Kier alpha value is -2.02. The van der Waals surface area contributed by atoms with Crippen LogP contribution in [0.5, 0.6) is 5.75 Å². The van der Waals surface area contributed by atoms with Crippen LogP contribution in [-0.4, -0.2) is 35.0 Å². The Bertz CT molecular complexity index is 819. The van der Waals surface area contributed by atoms with Gasteiger partial charge in [0.25, 0.3) is 0 Å². The van der Waals surface area contributed by atoms with Gasteiger partial charge in [0.15, 0.2) is 0 Å². The molecule has 3 aromatic rings. The fraction of sp³-hybridized carbons (Fsp3) is 0.278. The SMILES string of the molecule is Cc1[nH]nc2cc(OCCNCC(O)c3cccc(S)c3)ccc12. The van der Waals surface area contributed by atoms with Crippen LogP contribution in [-0.2, 0) is 0 Å². The maximum atomic E-state index is 10.1. The van der Waals surface area contributed by atoms with Crippen LogP contribution in [0.15, 0.2) is 47.4 Å². The van der Waals surface area contributed by atoms with Gasteiger partial charge in [0.1, 0.15) is 12.4 Å². The lowest BCUT2D eigenvalue weighted by Crippen LogP contribution is -2.26. The van der Waals surface area contributed by atoms with E-state index >= 15 is 0 Å². The third-order valence-electron chi connectivity index (χ3n) is 3.86. The van der Waals surface area contributed by atoms with Crippen molar-refractivity contribution in [3.63, 3.8) is 0 Å². The number of nitrogens with one attached hydrogen (secondary N) is 2. The van der Waals surface area contributed by atoms with Crippen molar-refractivity contribution in [2.24, 2.45) is 0 Å². The summed E-state index contributed by atoms with van der Waals surface area (Å²) >= 11 is 4.28. The van der Waals surface area contributed by atoms with Gasteiger partial charge in [0, 0.05) is 35.1 Å². The van der Waals surface area contributed by atoms with Crippen LogP contribution in [0.4, 0.5) is 0 Å². The number of nitrogens with zero attached hydrogens (tertiary/aromatic N) is 1. The Balaban J connectivity index is 1.43. The first kappa shape index (κ1) is 16.8. The van der Waals surface area contributed by atoms with Crippen LogP contribution in [0.3, 0.4) is 0 Å². The zero-order valence-corrected chi connectivity index (χ0v) is 14.4. The highest BCUT2D eigenvalue weighted by Crippen LogP contribution is 2.21. The van der Waals surface area contributed by atoms with E-state index in [1.165, 1.54) is 0 Å². The molecule has 1 atom stereocenters. The smallest absolute Gasteiger partial charge is 0.121 e. The Morgan fingerprint density at radius 2 is 2.17 bits per heavy atom. The second-order valence-electron chi connectivity index (χ2n) is 5.69. The predicted molar refractivity (Wildman–Crippen MR) is 97.8 cm³/mol. The maximum absolute atomic E-state index is 10.1. The predicted octanol–water partition coefficient (Wildman–Crippen LogP) is 2.86. The van der Waals surface area contributed by atoms with Crippen molar-refractivity contribution in [2.75, 3.05) is 19.7 Å². The molecular formula is C18H21N3O2S. The summed E-state index contributed by atoms with van der Waals surface area (Å²) in [4.78, 5) is 0.846. The summed E-state index contributed by atoms with van der Waals surface area (Å²) in [6.07, 6.45) is -0.555. The van der Waals surface area contributed by atoms with Crippen molar-refractivity contribution in [2.45, 2.75) is 17.9 Å². The number of thiol groups is 1. The number of ether oxygens (including phenoxy) is 1. The average molecular weight is 343 g/mol. The third kappa shape index (κ3) is 4.08. The summed E-state index contributed by atoms with van der Waals surface area (Å²) in [5, 5.41) is 21.6. The summed E-state index contributed by atoms with van der Waals surface area (Å²) < 4.78 is 5.72. The monoisotopic (exact) mass is 343 g/mol. The summed E-state index contributed by atoms with van der Waals surface area (Å²) in [5.41, 5.74) is 2.81. The Labute approximate surface area is 146 Å². The Morgan fingerprint density at radius 3 is 3.00 bits per heavy atom. The number of hydrogen-bond donors (Lipinski definition) is 4. The molecule has 0 saturated heterocycles. The first-order valence-electron chi connectivity index (χ1n) is 7.89. The summed E-state index contributed by atoms with van der Waals surface area (Å²) in [5.74, 6) is 0.791. The van der Waals surface area contributed by atoms with Crippen molar-refractivity contribution in [3.05, 3.63) is 53.7 Å². The van der Waals surface area contributed by atoms with E-state index in [1.54, 1.807) is 0 Å². The second kappa shape index (κ2) is 7.70. The van der Waals surface area contributed by atoms with E-state index in [2.05, 4.69) is 28.1 Å². The minimum Gasteiger partial charge on any atom is -0.492 e. The molecule has 0 aliphatic carbocycles. The molecule has 2 aromatic carbocycles. The molecule has 3 N–H and O–H groups in total. The molecule has 0 amide bonds. The second-order valence-corrected chi connectivity index (χ2v) is 6.21. The maximum Gasteiger partial charge on any atom is 0.121 e. The molecule has 0 fully saturated rings. The van der Waals surface area contributed by atoms with Gasteiger partial charge in [-0.05, 0) is 36.8 Å². The van der Waals surface area contributed by atoms with Gasteiger partial charge in [-0.2, -0.15) is 5.10 Å².